The number of carboxylic acids is 1. The van der Waals surface area contributed by atoms with E-state index in [0.29, 0.717) is 46.0 Å². The van der Waals surface area contributed by atoms with E-state index < -0.39 is 11.5 Å². The molecule has 0 amide bonds. The summed E-state index contributed by atoms with van der Waals surface area (Å²) in [6, 6.07) is 24.6. The summed E-state index contributed by atoms with van der Waals surface area (Å²) in [6.07, 6.45) is 2.11. The number of aliphatic carboxylic acids is 1. The van der Waals surface area contributed by atoms with Gasteiger partial charge in [0.2, 0.25) is 0 Å². The topological polar surface area (TPSA) is 93.0 Å². The molecule has 1 atom stereocenters. The SMILES string of the molecule is CCOc1ccc(C2(CC)C(C(=O)[O-])=C(C)N=c3sc(=Cc4ccc(OCc5ccccc5)cc4)c(=O)n32)cc1. The number of carboxylic acid groups (broad SMARTS) is 1. The van der Waals surface area contributed by atoms with E-state index in [0.717, 1.165) is 16.9 Å². The summed E-state index contributed by atoms with van der Waals surface area (Å²) in [6.45, 7) is 6.37. The summed E-state index contributed by atoms with van der Waals surface area (Å²) in [5.74, 6) is 0.0336. The van der Waals surface area contributed by atoms with Gasteiger partial charge in [0.25, 0.3) is 5.56 Å². The van der Waals surface area contributed by atoms with Crippen LogP contribution in [0.5, 0.6) is 11.5 Å². The van der Waals surface area contributed by atoms with E-state index in [9.17, 15) is 14.7 Å². The van der Waals surface area contributed by atoms with Gasteiger partial charge in [-0.3, -0.25) is 9.36 Å². The lowest BCUT2D eigenvalue weighted by Gasteiger charge is -2.39. The number of hydrogen-bond acceptors (Lipinski definition) is 7. The monoisotopic (exact) mass is 553 g/mol. The number of hydrogen-bond donors (Lipinski definition) is 0. The molecule has 204 valence electrons. The number of carbonyl (C=O) groups is 1. The minimum Gasteiger partial charge on any atom is -0.545 e. The molecule has 5 rings (SSSR count). The Morgan fingerprint density at radius 3 is 2.25 bits per heavy atom. The molecule has 40 heavy (non-hydrogen) atoms. The summed E-state index contributed by atoms with van der Waals surface area (Å²) in [5.41, 5.74) is 1.26. The smallest absolute Gasteiger partial charge is 0.271 e. The van der Waals surface area contributed by atoms with Crippen LogP contribution in [0, 0.1) is 0 Å². The van der Waals surface area contributed by atoms with Crippen LogP contribution >= 0.6 is 11.3 Å². The van der Waals surface area contributed by atoms with Crippen molar-refractivity contribution >= 4 is 23.4 Å². The Morgan fingerprint density at radius 2 is 1.62 bits per heavy atom. The van der Waals surface area contributed by atoms with Gasteiger partial charge in [0.05, 0.1) is 17.1 Å². The predicted molar refractivity (Wildman–Crippen MR) is 153 cm³/mol. The fourth-order valence-electron chi connectivity index (χ4n) is 5.17. The van der Waals surface area contributed by atoms with E-state index in [1.807, 2.05) is 80.6 Å². The number of nitrogens with zero attached hydrogens (tertiary/aromatic N) is 2. The van der Waals surface area contributed by atoms with E-state index >= 15 is 0 Å². The van der Waals surface area contributed by atoms with Crippen molar-refractivity contribution < 1.29 is 19.4 Å². The van der Waals surface area contributed by atoms with Crippen molar-refractivity contribution in [1.82, 2.24) is 4.57 Å². The highest BCUT2D eigenvalue weighted by Crippen LogP contribution is 2.39. The van der Waals surface area contributed by atoms with E-state index in [2.05, 4.69) is 4.99 Å². The van der Waals surface area contributed by atoms with Gasteiger partial charge in [-0.2, -0.15) is 0 Å². The molecule has 0 bridgehead atoms. The zero-order valence-electron chi connectivity index (χ0n) is 22.5. The quantitative estimate of drug-likeness (QED) is 0.316. The van der Waals surface area contributed by atoms with Gasteiger partial charge in [-0.1, -0.05) is 72.9 Å². The molecule has 0 radical (unpaired) electrons. The molecule has 3 aromatic carbocycles. The number of benzene rings is 3. The molecular weight excluding hydrogens is 524 g/mol. The molecular formula is C32H29N2O5S-. The largest absolute Gasteiger partial charge is 0.545 e. The minimum absolute atomic E-state index is 0.0157. The molecule has 2 heterocycles. The fourth-order valence-corrected chi connectivity index (χ4v) is 6.25. The first kappa shape index (κ1) is 27.1. The summed E-state index contributed by atoms with van der Waals surface area (Å²) in [7, 11) is 0. The Bertz CT molecular complexity index is 1740. The number of ether oxygens (including phenoxy) is 2. The minimum atomic E-state index is -1.35. The lowest BCUT2D eigenvalue weighted by Crippen LogP contribution is -2.54. The average Bonchev–Trinajstić information content (AvgIpc) is 3.27. The second-order valence-electron chi connectivity index (χ2n) is 9.41. The summed E-state index contributed by atoms with van der Waals surface area (Å²) in [4.78, 5) is 31.4. The third-order valence-corrected chi connectivity index (χ3v) is 7.98. The van der Waals surface area contributed by atoms with Gasteiger partial charge in [0.15, 0.2) is 4.80 Å². The third-order valence-electron chi connectivity index (χ3n) is 7.01. The van der Waals surface area contributed by atoms with Crippen LogP contribution in [0.25, 0.3) is 6.08 Å². The lowest BCUT2D eigenvalue weighted by molar-refractivity contribution is -0.300. The Balaban J connectivity index is 1.56. The molecule has 0 saturated heterocycles. The molecule has 0 saturated carbocycles. The zero-order valence-corrected chi connectivity index (χ0v) is 23.4. The molecule has 0 aliphatic carbocycles. The summed E-state index contributed by atoms with van der Waals surface area (Å²) >= 11 is 1.23. The van der Waals surface area contributed by atoms with E-state index in [1.165, 1.54) is 15.9 Å². The maximum Gasteiger partial charge on any atom is 0.271 e. The molecule has 0 N–H and O–H groups in total. The molecule has 1 aliphatic rings. The van der Waals surface area contributed by atoms with Crippen molar-refractivity contribution in [3.8, 4) is 11.5 Å². The van der Waals surface area contributed by atoms with Crippen LogP contribution in [0.2, 0.25) is 0 Å². The van der Waals surface area contributed by atoms with Gasteiger partial charge in [0.1, 0.15) is 23.6 Å². The Morgan fingerprint density at radius 1 is 0.975 bits per heavy atom. The van der Waals surface area contributed by atoms with Gasteiger partial charge in [0, 0.05) is 11.3 Å². The average molecular weight is 554 g/mol. The molecule has 7 nitrogen and oxygen atoms in total. The molecule has 4 aromatic rings. The second-order valence-corrected chi connectivity index (χ2v) is 10.4. The maximum absolute atomic E-state index is 13.9. The van der Waals surface area contributed by atoms with E-state index in [4.69, 9.17) is 9.47 Å². The number of thiazole rings is 1. The van der Waals surface area contributed by atoms with Crippen molar-refractivity contribution in [2.24, 2.45) is 4.99 Å². The van der Waals surface area contributed by atoms with Crippen LogP contribution in [-0.4, -0.2) is 17.1 Å². The number of rotatable bonds is 9. The Kier molecular flexibility index (Phi) is 7.71. The second kappa shape index (κ2) is 11.4. The highest BCUT2D eigenvalue weighted by atomic mass is 32.1. The van der Waals surface area contributed by atoms with Crippen molar-refractivity contribution in [2.75, 3.05) is 6.61 Å². The predicted octanol–water partition coefficient (Wildman–Crippen LogP) is 3.53. The van der Waals surface area contributed by atoms with Gasteiger partial charge >= 0.3 is 0 Å². The summed E-state index contributed by atoms with van der Waals surface area (Å²) in [5, 5.41) is 12.5. The van der Waals surface area contributed by atoms with Crippen LogP contribution in [-0.2, 0) is 16.9 Å². The third kappa shape index (κ3) is 4.98. The first-order valence-corrected chi connectivity index (χ1v) is 13.9. The van der Waals surface area contributed by atoms with Gasteiger partial charge in [-0.25, -0.2) is 4.99 Å². The first-order chi connectivity index (χ1) is 19.4. The highest BCUT2D eigenvalue weighted by Gasteiger charge is 2.43. The van der Waals surface area contributed by atoms with Crippen molar-refractivity contribution in [2.45, 2.75) is 39.3 Å². The normalized spacial score (nSPS) is 16.8. The standard InChI is InChI=1S/C32H30N2O5S/c1-4-32(24-13-17-25(18-14-24)38-5-2)28(30(36)37)21(3)33-31-34(32)29(35)27(40-31)19-22-11-15-26(16-12-22)39-20-23-9-7-6-8-10-23/h6-19H,4-5,20H2,1-3H3,(H,36,37)/p-1. The van der Waals surface area contributed by atoms with Gasteiger partial charge in [-0.05, 0) is 67.3 Å². The van der Waals surface area contributed by atoms with Gasteiger partial charge < -0.3 is 19.4 Å². The van der Waals surface area contributed by atoms with E-state index in [1.54, 1.807) is 25.1 Å². The van der Waals surface area contributed by atoms with Crippen LogP contribution < -0.4 is 29.5 Å². The van der Waals surface area contributed by atoms with Crippen molar-refractivity contribution in [1.29, 1.82) is 0 Å². The molecule has 8 heteroatoms. The highest BCUT2D eigenvalue weighted by molar-refractivity contribution is 7.07. The molecule has 1 aromatic heterocycles. The van der Waals surface area contributed by atoms with E-state index in [-0.39, 0.29) is 11.1 Å². The number of allylic oxidation sites excluding steroid dienone is 1. The number of fused-ring (bicyclic) bond motifs is 1. The van der Waals surface area contributed by atoms with Crippen molar-refractivity contribution in [3.63, 3.8) is 0 Å². The van der Waals surface area contributed by atoms with Gasteiger partial charge in [-0.15, -0.1) is 0 Å². The Hall–Kier alpha value is -4.43. The fraction of sp³-hybridized carbons (Fsp3) is 0.219. The van der Waals surface area contributed by atoms with Crippen LogP contribution in [0.15, 0.2) is 99.9 Å². The molecule has 1 unspecified atom stereocenters. The van der Waals surface area contributed by atoms with Crippen LogP contribution in [0.1, 0.15) is 43.9 Å². The van der Waals surface area contributed by atoms with Crippen molar-refractivity contribution in [3.05, 3.63) is 127 Å². The first-order valence-electron chi connectivity index (χ1n) is 13.1. The molecule has 1 aliphatic heterocycles. The summed E-state index contributed by atoms with van der Waals surface area (Å²) < 4.78 is 13.4. The molecule has 0 spiro atoms. The number of carbonyl (C=O) groups excluding carboxylic acids is 1. The van der Waals surface area contributed by atoms with Crippen LogP contribution in [0.4, 0.5) is 0 Å². The zero-order chi connectivity index (χ0) is 28.3. The number of aromatic nitrogens is 1. The maximum atomic E-state index is 13.9. The molecule has 0 fully saturated rings. The lowest BCUT2D eigenvalue weighted by atomic mass is 9.78. The Labute approximate surface area is 236 Å². The van der Waals surface area contributed by atoms with Crippen LogP contribution in [0.3, 0.4) is 0 Å².